The van der Waals surface area contributed by atoms with Gasteiger partial charge in [0, 0.05) is 13.0 Å². The largest absolute Gasteiger partial charge is 0.547 e. The van der Waals surface area contributed by atoms with Crippen LogP contribution >= 0.6 is 0 Å². The van der Waals surface area contributed by atoms with Crippen LogP contribution in [0.4, 0.5) is 0 Å². The Morgan fingerprint density at radius 2 is 1.74 bits per heavy atom. The molecule has 0 saturated carbocycles. The first-order chi connectivity index (χ1) is 15.7. The molecule has 5 nitrogen and oxygen atoms in total. The molecule has 1 heterocycles. The number of hydrogen-bond acceptors (Lipinski definition) is 4. The van der Waals surface area contributed by atoms with Gasteiger partial charge in [-0.05, 0) is 75.9 Å². The van der Waals surface area contributed by atoms with Crippen LogP contribution in [0, 0.1) is 30.1 Å². The van der Waals surface area contributed by atoms with E-state index in [4.69, 9.17) is 4.43 Å². The van der Waals surface area contributed by atoms with E-state index in [-0.39, 0.29) is 28.3 Å². The molecule has 7 heteroatoms. The van der Waals surface area contributed by atoms with Crippen molar-refractivity contribution in [3.8, 4) is 11.8 Å². The van der Waals surface area contributed by atoms with Crippen molar-refractivity contribution in [3.05, 3.63) is 41.2 Å². The molecule has 3 rings (SSSR count). The number of benzene rings is 1. The Bertz CT molecular complexity index is 1150. The normalized spacial score (nSPS) is 24.2. The molecule has 0 aromatic heterocycles. The maximum absolute atomic E-state index is 14.0. The molecule has 0 radical (unpaired) electrons. The van der Waals surface area contributed by atoms with Crippen molar-refractivity contribution in [1.82, 2.24) is 4.31 Å². The Balaban J connectivity index is 2.02. The predicted octanol–water partition coefficient (Wildman–Crippen LogP) is 6.02. The van der Waals surface area contributed by atoms with Crippen molar-refractivity contribution in [3.63, 3.8) is 0 Å². The number of aryl methyl sites for hydroxylation is 1. The number of sulfonamides is 1. The number of carbonyl (C=O) groups is 1. The number of carbonyl (C=O) groups excluding carboxylic acids is 1. The maximum atomic E-state index is 14.0. The molecular weight excluding hydrogens is 462 g/mol. The number of piperidine rings is 1. The van der Waals surface area contributed by atoms with Crippen molar-refractivity contribution < 1.29 is 17.6 Å². The van der Waals surface area contributed by atoms with E-state index in [9.17, 15) is 13.2 Å². The highest BCUT2D eigenvalue weighted by atomic mass is 32.2. The van der Waals surface area contributed by atoms with Crippen LogP contribution in [0.5, 0.6) is 0 Å². The van der Waals surface area contributed by atoms with Crippen molar-refractivity contribution >= 4 is 24.2 Å². The smallest absolute Gasteiger partial charge is 0.266 e. The third-order valence-electron chi connectivity index (χ3n) is 7.94. The summed E-state index contributed by atoms with van der Waals surface area (Å²) in [6.07, 6.45) is 2.44. The third-order valence-corrected chi connectivity index (χ3v) is 14.1. The molecule has 186 valence electrons. The summed E-state index contributed by atoms with van der Waals surface area (Å²) in [6, 6.07) is 6.69. The highest BCUT2D eigenvalue weighted by Crippen LogP contribution is 2.52. The van der Waals surface area contributed by atoms with E-state index in [1.54, 1.807) is 31.2 Å². The van der Waals surface area contributed by atoms with Crippen LogP contribution in [0.3, 0.4) is 0 Å². The molecule has 2 aliphatic rings. The SMILES string of the molecule is CC#C[C@@H]1C(C)=C(O[Si](C)(C)C(C)(C)C)CC[C@@]12CCCN(S(=O)(=O)c1ccc(C)cc1)C2=O. The number of nitrogens with zero attached hydrogens (tertiary/aromatic N) is 1. The van der Waals surface area contributed by atoms with Gasteiger partial charge >= 0.3 is 0 Å². The van der Waals surface area contributed by atoms with E-state index in [1.807, 2.05) is 13.8 Å². The van der Waals surface area contributed by atoms with Gasteiger partial charge in [-0.1, -0.05) is 44.4 Å². The van der Waals surface area contributed by atoms with Crippen LogP contribution in [-0.4, -0.2) is 33.5 Å². The lowest BCUT2D eigenvalue weighted by Gasteiger charge is -2.48. The van der Waals surface area contributed by atoms with E-state index in [0.717, 1.165) is 21.2 Å². The summed E-state index contributed by atoms with van der Waals surface area (Å²) < 4.78 is 34.8. The van der Waals surface area contributed by atoms with Gasteiger partial charge in [0.25, 0.3) is 10.0 Å². The summed E-state index contributed by atoms with van der Waals surface area (Å²) in [5.74, 6) is 6.57. The first kappa shape index (κ1) is 26.6. The second-order valence-corrected chi connectivity index (χ2v) is 17.8. The van der Waals surface area contributed by atoms with Gasteiger partial charge in [0.15, 0.2) is 0 Å². The summed E-state index contributed by atoms with van der Waals surface area (Å²) in [5.41, 5.74) is 1.11. The first-order valence-corrected chi connectivity index (χ1v) is 16.5. The van der Waals surface area contributed by atoms with E-state index in [0.29, 0.717) is 25.7 Å². The van der Waals surface area contributed by atoms with Gasteiger partial charge in [0.2, 0.25) is 14.2 Å². The molecule has 1 aromatic rings. The summed E-state index contributed by atoms with van der Waals surface area (Å²) in [6.45, 7) is 17.0. The average molecular weight is 502 g/mol. The van der Waals surface area contributed by atoms with E-state index < -0.39 is 23.8 Å². The molecule has 0 N–H and O–H groups in total. The fraction of sp³-hybridized carbons (Fsp3) is 0.593. The Labute approximate surface area is 207 Å². The summed E-state index contributed by atoms with van der Waals surface area (Å²) in [5, 5.41) is 0.0565. The molecule has 34 heavy (non-hydrogen) atoms. The van der Waals surface area contributed by atoms with Gasteiger partial charge in [-0.3, -0.25) is 4.79 Å². The number of allylic oxidation sites excluding steroid dienone is 2. The molecular formula is C27H39NO4SSi. The minimum Gasteiger partial charge on any atom is -0.547 e. The van der Waals surface area contributed by atoms with Gasteiger partial charge in [0.1, 0.15) is 0 Å². The molecule has 1 spiro atoms. The Hall–Kier alpha value is -2.04. The summed E-state index contributed by atoms with van der Waals surface area (Å²) in [4.78, 5) is 14.2. The van der Waals surface area contributed by atoms with Crippen molar-refractivity contribution in [2.75, 3.05) is 6.54 Å². The fourth-order valence-corrected chi connectivity index (χ4v) is 7.49. The fourth-order valence-electron chi connectivity index (χ4n) is 4.80. The van der Waals surface area contributed by atoms with E-state index >= 15 is 0 Å². The number of hydrogen-bond donors (Lipinski definition) is 0. The van der Waals surface area contributed by atoms with E-state index in [2.05, 4.69) is 45.7 Å². The molecule has 1 amide bonds. The van der Waals surface area contributed by atoms with Crippen LogP contribution in [-0.2, 0) is 19.2 Å². The molecule has 0 bridgehead atoms. The van der Waals surface area contributed by atoms with Crippen molar-refractivity contribution in [2.45, 2.75) is 90.3 Å². The van der Waals surface area contributed by atoms with Gasteiger partial charge in [-0.15, -0.1) is 5.92 Å². The van der Waals surface area contributed by atoms with Gasteiger partial charge < -0.3 is 4.43 Å². The lowest BCUT2D eigenvalue weighted by Crippen LogP contribution is -2.55. The Morgan fingerprint density at radius 3 is 2.29 bits per heavy atom. The van der Waals surface area contributed by atoms with Crippen LogP contribution < -0.4 is 0 Å². The second-order valence-electron chi connectivity index (χ2n) is 11.3. The molecule has 1 aromatic carbocycles. The first-order valence-electron chi connectivity index (χ1n) is 12.1. The van der Waals surface area contributed by atoms with Gasteiger partial charge in [-0.2, -0.15) is 0 Å². The van der Waals surface area contributed by atoms with Crippen molar-refractivity contribution in [2.24, 2.45) is 11.3 Å². The van der Waals surface area contributed by atoms with Gasteiger partial charge in [0.05, 0.1) is 22.0 Å². The van der Waals surface area contributed by atoms with Crippen LogP contribution in [0.2, 0.25) is 18.1 Å². The number of rotatable bonds is 4. The van der Waals surface area contributed by atoms with Crippen molar-refractivity contribution in [1.29, 1.82) is 0 Å². The summed E-state index contributed by atoms with van der Waals surface area (Å²) >= 11 is 0. The number of amides is 1. The highest BCUT2D eigenvalue weighted by molar-refractivity contribution is 7.89. The summed E-state index contributed by atoms with van der Waals surface area (Å²) in [7, 11) is -5.98. The zero-order valence-electron chi connectivity index (χ0n) is 21.9. The average Bonchev–Trinajstić information content (AvgIpc) is 2.74. The molecule has 0 unspecified atom stereocenters. The lowest BCUT2D eigenvalue weighted by atomic mass is 9.62. The Kier molecular flexibility index (Phi) is 7.19. The van der Waals surface area contributed by atoms with Crippen LogP contribution in [0.1, 0.15) is 65.9 Å². The highest BCUT2D eigenvalue weighted by Gasteiger charge is 2.55. The molecule has 1 saturated heterocycles. The molecule has 1 fully saturated rings. The molecule has 2 atom stereocenters. The quantitative estimate of drug-likeness (QED) is 0.374. The minimum atomic E-state index is -3.93. The molecule has 1 aliphatic carbocycles. The topological polar surface area (TPSA) is 63.7 Å². The van der Waals surface area contributed by atoms with Crippen LogP contribution in [0.25, 0.3) is 0 Å². The van der Waals surface area contributed by atoms with Gasteiger partial charge in [-0.25, -0.2) is 12.7 Å². The lowest BCUT2D eigenvalue weighted by molar-refractivity contribution is -0.143. The predicted molar refractivity (Wildman–Crippen MR) is 139 cm³/mol. The van der Waals surface area contributed by atoms with E-state index in [1.165, 1.54) is 0 Å². The third kappa shape index (κ3) is 4.59. The Morgan fingerprint density at radius 1 is 1.12 bits per heavy atom. The second kappa shape index (κ2) is 9.20. The maximum Gasteiger partial charge on any atom is 0.266 e. The zero-order valence-corrected chi connectivity index (χ0v) is 23.7. The van der Waals surface area contributed by atoms with Crippen LogP contribution in [0.15, 0.2) is 40.5 Å². The molecule has 1 aliphatic heterocycles. The zero-order chi connectivity index (χ0) is 25.5. The standard InChI is InChI=1S/C27H39NO4SSi/c1-9-11-23-21(3)24(32-34(7,8)26(4,5)6)16-18-27(23)17-10-19-28(25(27)29)33(30,31)22-14-12-20(2)13-15-22/h12-15,23H,10,16-19H2,1-8H3/t23-,27+/m1/s1. The minimum absolute atomic E-state index is 0.0565. The monoisotopic (exact) mass is 501 g/mol.